The Kier molecular flexibility index (Phi) is 7.17. The van der Waals surface area contributed by atoms with Crippen LogP contribution in [0.25, 0.3) is 11.2 Å². The van der Waals surface area contributed by atoms with Crippen molar-refractivity contribution in [3.05, 3.63) is 35.0 Å². The number of benzene rings is 1. The molecule has 1 amide bonds. The van der Waals surface area contributed by atoms with E-state index in [2.05, 4.69) is 20.6 Å². The number of fused-ring (bicyclic) bond motifs is 1. The van der Waals surface area contributed by atoms with E-state index in [4.69, 9.17) is 22.3 Å². The summed E-state index contributed by atoms with van der Waals surface area (Å²) in [6, 6.07) is 2.13. The highest BCUT2D eigenvalue weighted by Gasteiger charge is 2.30. The first kappa shape index (κ1) is 25.6. The Bertz CT molecular complexity index is 1310. The third-order valence-electron chi connectivity index (χ3n) is 7.66. The maximum absolute atomic E-state index is 14.7. The van der Waals surface area contributed by atoms with Crippen LogP contribution in [0.5, 0.6) is 0 Å². The maximum atomic E-state index is 14.7. The molecule has 3 aromatic rings. The summed E-state index contributed by atoms with van der Waals surface area (Å²) in [5.41, 5.74) is 6.05. The fraction of sp³-hybridized carbons (Fsp3) is 0.520. The molecule has 1 aromatic carbocycles. The molecule has 0 spiro atoms. The van der Waals surface area contributed by atoms with Crippen LogP contribution in [0.4, 0.5) is 26.4 Å². The average Bonchev–Trinajstić information content (AvgIpc) is 3.23. The van der Waals surface area contributed by atoms with Gasteiger partial charge >= 0.3 is 0 Å². The third-order valence-corrected chi connectivity index (χ3v) is 7.96. The normalized spacial score (nSPS) is 26.2. The van der Waals surface area contributed by atoms with Crippen molar-refractivity contribution in [2.24, 2.45) is 17.6 Å². The van der Waals surface area contributed by atoms with Gasteiger partial charge in [0.15, 0.2) is 11.5 Å². The van der Waals surface area contributed by atoms with Crippen LogP contribution in [-0.2, 0) is 4.79 Å². The molecule has 2 fully saturated rings. The number of aliphatic hydroxyl groups excluding tert-OH is 1. The molecule has 9 nitrogen and oxygen atoms in total. The van der Waals surface area contributed by atoms with Crippen LogP contribution in [0.3, 0.4) is 0 Å². The van der Waals surface area contributed by atoms with Crippen molar-refractivity contribution < 1.29 is 18.7 Å². The van der Waals surface area contributed by atoms with Gasteiger partial charge in [-0.2, -0.15) is 4.98 Å². The topological polar surface area (TPSA) is 131 Å². The molecule has 0 bridgehead atoms. The van der Waals surface area contributed by atoms with E-state index in [1.54, 1.807) is 6.20 Å². The Morgan fingerprint density at radius 1 is 1.16 bits per heavy atom. The number of nitrogens with zero attached hydrogens (tertiary/aromatic N) is 4. The van der Waals surface area contributed by atoms with E-state index in [-0.39, 0.29) is 46.9 Å². The minimum Gasteiger partial charge on any atom is -0.393 e. The molecule has 0 radical (unpaired) electrons. The largest absolute Gasteiger partial charge is 0.393 e. The van der Waals surface area contributed by atoms with Crippen molar-refractivity contribution in [3.63, 3.8) is 0 Å². The number of halogens is 3. The lowest BCUT2D eigenvalue weighted by molar-refractivity contribution is -0.122. The molecular formula is C25H30ClF2N7O2. The molecule has 0 aliphatic heterocycles. The number of aromatic nitrogens is 4. The second-order valence-corrected chi connectivity index (χ2v) is 10.6. The molecule has 0 unspecified atom stereocenters. The molecule has 2 aliphatic rings. The van der Waals surface area contributed by atoms with Crippen LogP contribution in [-0.4, -0.2) is 42.7 Å². The number of carbonyl (C=O) groups excluding carboxylic acids is 1. The number of anilines is 3. The molecule has 0 saturated heterocycles. The van der Waals surface area contributed by atoms with Gasteiger partial charge in [-0.05, 0) is 63.0 Å². The van der Waals surface area contributed by atoms with Gasteiger partial charge in [0.05, 0.1) is 17.3 Å². The van der Waals surface area contributed by atoms with E-state index in [1.807, 2.05) is 11.5 Å². The highest BCUT2D eigenvalue weighted by atomic mass is 35.5. The SMILES string of the molecule is C[C@@H]1CC[C@@H](Nc2ncc3nc(Nc4c(F)ccc(Cl)c4F)n(C4CCC(C(N)=O)CC4)c3n2)C[C@H]1O. The first-order valence-electron chi connectivity index (χ1n) is 12.6. The Labute approximate surface area is 217 Å². The molecule has 2 aromatic heterocycles. The molecule has 2 saturated carbocycles. The number of primary amides is 1. The predicted molar refractivity (Wildman–Crippen MR) is 137 cm³/mol. The number of hydrogen-bond acceptors (Lipinski definition) is 7. The van der Waals surface area contributed by atoms with Crippen molar-refractivity contribution in [1.82, 2.24) is 19.5 Å². The van der Waals surface area contributed by atoms with Gasteiger partial charge < -0.3 is 21.5 Å². The zero-order valence-electron chi connectivity index (χ0n) is 20.4. The highest BCUT2D eigenvalue weighted by molar-refractivity contribution is 6.31. The number of carbonyl (C=O) groups is 1. The van der Waals surface area contributed by atoms with Gasteiger partial charge in [0, 0.05) is 18.0 Å². The number of nitrogens with two attached hydrogens (primary N) is 1. The molecule has 2 heterocycles. The van der Waals surface area contributed by atoms with Gasteiger partial charge in [0.2, 0.25) is 17.8 Å². The van der Waals surface area contributed by atoms with E-state index in [0.717, 1.165) is 25.0 Å². The lowest BCUT2D eigenvalue weighted by atomic mass is 9.85. The molecule has 37 heavy (non-hydrogen) atoms. The summed E-state index contributed by atoms with van der Waals surface area (Å²) in [7, 11) is 0. The highest BCUT2D eigenvalue weighted by Crippen LogP contribution is 2.38. The zero-order chi connectivity index (χ0) is 26.3. The first-order valence-corrected chi connectivity index (χ1v) is 13.0. The molecule has 3 atom stereocenters. The summed E-state index contributed by atoms with van der Waals surface area (Å²) in [4.78, 5) is 25.4. The predicted octanol–water partition coefficient (Wildman–Crippen LogP) is 4.68. The van der Waals surface area contributed by atoms with Gasteiger partial charge in [0.25, 0.3) is 0 Å². The van der Waals surface area contributed by atoms with Crippen LogP contribution < -0.4 is 16.4 Å². The molecule has 5 rings (SSSR count). The van der Waals surface area contributed by atoms with E-state index < -0.39 is 17.3 Å². The summed E-state index contributed by atoms with van der Waals surface area (Å²) in [6.45, 7) is 2.04. The first-order chi connectivity index (χ1) is 17.7. The Morgan fingerprint density at radius 2 is 1.92 bits per heavy atom. The molecule has 5 N–H and O–H groups in total. The van der Waals surface area contributed by atoms with Crippen molar-refractivity contribution in [2.45, 2.75) is 70.1 Å². The average molecular weight is 534 g/mol. The van der Waals surface area contributed by atoms with Crippen molar-refractivity contribution in [3.8, 4) is 0 Å². The Morgan fingerprint density at radius 3 is 2.62 bits per heavy atom. The summed E-state index contributed by atoms with van der Waals surface area (Å²) in [6.07, 6.45) is 5.97. The van der Waals surface area contributed by atoms with Gasteiger partial charge in [-0.25, -0.2) is 18.7 Å². The van der Waals surface area contributed by atoms with Crippen molar-refractivity contribution >= 4 is 46.3 Å². The van der Waals surface area contributed by atoms with E-state index in [9.17, 15) is 18.7 Å². The zero-order valence-corrected chi connectivity index (χ0v) is 21.2. The van der Waals surface area contributed by atoms with Crippen LogP contribution in [0.1, 0.15) is 57.9 Å². The van der Waals surface area contributed by atoms with Crippen LogP contribution in [0.2, 0.25) is 5.02 Å². The van der Waals surface area contributed by atoms with Gasteiger partial charge in [-0.3, -0.25) is 9.36 Å². The van der Waals surface area contributed by atoms with E-state index >= 15 is 0 Å². The second kappa shape index (κ2) is 10.4. The summed E-state index contributed by atoms with van der Waals surface area (Å²) in [5, 5.41) is 16.2. The fourth-order valence-corrected chi connectivity index (χ4v) is 5.54. The second-order valence-electron chi connectivity index (χ2n) is 10.2. The van der Waals surface area contributed by atoms with Crippen LogP contribution in [0, 0.1) is 23.5 Å². The summed E-state index contributed by atoms with van der Waals surface area (Å²) < 4.78 is 31.1. The standard InChI is InChI=1S/C25H30ClF2N7O2/c1-12-2-5-14(10-19(12)36)31-24-30-11-18-23(34-24)35(15-6-3-13(4-7-15)22(29)37)25(32-18)33-21-17(27)9-8-16(26)20(21)28/h8-9,11-15,19,36H,2-7,10H2,1H3,(H2,29,37)(H,32,33)(H,30,31,34)/t12-,13?,14-,15?,19-/m1/s1. The third kappa shape index (κ3) is 5.19. The minimum absolute atomic E-state index is 0.0262. The smallest absolute Gasteiger partial charge is 0.224 e. The van der Waals surface area contributed by atoms with E-state index in [0.29, 0.717) is 49.2 Å². The minimum atomic E-state index is -0.920. The number of rotatable bonds is 6. The molecule has 198 valence electrons. The Hall–Kier alpha value is -3.05. The number of aliphatic hydroxyl groups is 1. The molecule has 12 heteroatoms. The number of imidazole rings is 1. The summed E-state index contributed by atoms with van der Waals surface area (Å²) >= 11 is 5.90. The van der Waals surface area contributed by atoms with Crippen molar-refractivity contribution in [1.29, 1.82) is 0 Å². The lowest BCUT2D eigenvalue weighted by Gasteiger charge is -2.31. The van der Waals surface area contributed by atoms with Crippen molar-refractivity contribution in [2.75, 3.05) is 10.6 Å². The lowest BCUT2D eigenvalue weighted by Crippen LogP contribution is -2.35. The van der Waals surface area contributed by atoms with E-state index in [1.165, 1.54) is 0 Å². The number of hydrogen-bond donors (Lipinski definition) is 4. The quantitative estimate of drug-likeness (QED) is 0.338. The monoisotopic (exact) mass is 533 g/mol. The molecular weight excluding hydrogens is 504 g/mol. The van der Waals surface area contributed by atoms with Gasteiger partial charge in [0.1, 0.15) is 17.0 Å². The van der Waals surface area contributed by atoms with Gasteiger partial charge in [-0.1, -0.05) is 18.5 Å². The Balaban J connectivity index is 1.51. The van der Waals surface area contributed by atoms with Crippen LogP contribution >= 0.6 is 11.6 Å². The van der Waals surface area contributed by atoms with Gasteiger partial charge in [-0.15, -0.1) is 0 Å². The fourth-order valence-electron chi connectivity index (χ4n) is 5.38. The number of amides is 1. The maximum Gasteiger partial charge on any atom is 0.224 e. The molecule has 2 aliphatic carbocycles. The van der Waals surface area contributed by atoms with Crippen LogP contribution in [0.15, 0.2) is 18.3 Å². The summed E-state index contributed by atoms with van der Waals surface area (Å²) in [5.74, 6) is -1.43. The number of nitrogens with one attached hydrogen (secondary N) is 2.